The lowest BCUT2D eigenvalue weighted by Crippen LogP contribution is -2.15. The number of aromatic nitrogens is 2. The molecular formula is C15H17BrN4O. The van der Waals surface area contributed by atoms with Crippen molar-refractivity contribution < 1.29 is 4.79 Å². The molecule has 1 amide bonds. The molecule has 2 aromatic heterocycles. The van der Waals surface area contributed by atoms with Gasteiger partial charge in [0.05, 0.1) is 0 Å². The molecule has 0 atom stereocenters. The van der Waals surface area contributed by atoms with Gasteiger partial charge in [-0.3, -0.25) is 4.79 Å². The van der Waals surface area contributed by atoms with Gasteiger partial charge in [0.1, 0.15) is 11.6 Å². The highest BCUT2D eigenvalue weighted by Gasteiger charge is 2.11. The highest BCUT2D eigenvalue weighted by Crippen LogP contribution is 2.18. The molecule has 2 N–H and O–H groups in total. The topological polar surface area (TPSA) is 66.9 Å². The van der Waals surface area contributed by atoms with Gasteiger partial charge in [0.15, 0.2) is 0 Å². The van der Waals surface area contributed by atoms with Crippen LogP contribution in [0.4, 0.5) is 11.6 Å². The fourth-order valence-corrected chi connectivity index (χ4v) is 2.32. The molecule has 2 aromatic rings. The SMILES string of the molecule is CCc1cc(C(=O)Nc2ncc(Br)cc2C)cc(NC)n1. The highest BCUT2D eigenvalue weighted by atomic mass is 79.9. The number of rotatable bonds is 4. The summed E-state index contributed by atoms with van der Waals surface area (Å²) in [6.07, 6.45) is 2.43. The molecule has 0 aromatic carbocycles. The van der Waals surface area contributed by atoms with Crippen LogP contribution >= 0.6 is 15.9 Å². The van der Waals surface area contributed by atoms with E-state index in [1.807, 2.05) is 19.9 Å². The van der Waals surface area contributed by atoms with Crippen molar-refractivity contribution in [2.24, 2.45) is 0 Å². The predicted molar refractivity (Wildman–Crippen MR) is 87.8 cm³/mol. The smallest absolute Gasteiger partial charge is 0.257 e. The second-order valence-electron chi connectivity index (χ2n) is 4.61. The first-order valence-corrected chi connectivity index (χ1v) is 7.45. The lowest BCUT2D eigenvalue weighted by Gasteiger charge is -2.10. The fourth-order valence-electron chi connectivity index (χ4n) is 1.88. The molecule has 0 saturated carbocycles. The average molecular weight is 349 g/mol. The summed E-state index contributed by atoms with van der Waals surface area (Å²) in [5, 5.41) is 5.80. The van der Waals surface area contributed by atoms with Crippen LogP contribution in [-0.4, -0.2) is 22.9 Å². The van der Waals surface area contributed by atoms with E-state index < -0.39 is 0 Å². The quantitative estimate of drug-likeness (QED) is 0.888. The minimum absolute atomic E-state index is 0.193. The Kier molecular flexibility index (Phi) is 4.90. The Bertz CT molecular complexity index is 650. The zero-order valence-corrected chi connectivity index (χ0v) is 13.8. The van der Waals surface area contributed by atoms with Crippen LogP contribution < -0.4 is 10.6 Å². The maximum Gasteiger partial charge on any atom is 0.257 e. The average Bonchev–Trinajstić information content (AvgIpc) is 2.49. The Hall–Kier alpha value is -1.95. The Labute approximate surface area is 132 Å². The first kappa shape index (κ1) is 15.4. The maximum atomic E-state index is 12.4. The molecule has 0 aliphatic rings. The van der Waals surface area contributed by atoms with Gasteiger partial charge >= 0.3 is 0 Å². The number of carbonyl (C=O) groups is 1. The summed E-state index contributed by atoms with van der Waals surface area (Å²) < 4.78 is 0.882. The fraction of sp³-hybridized carbons (Fsp3) is 0.267. The summed E-state index contributed by atoms with van der Waals surface area (Å²) in [6, 6.07) is 5.43. The largest absolute Gasteiger partial charge is 0.373 e. The molecule has 5 nitrogen and oxygen atoms in total. The Morgan fingerprint density at radius 2 is 2.10 bits per heavy atom. The first-order chi connectivity index (χ1) is 10.0. The summed E-state index contributed by atoms with van der Waals surface area (Å²) in [4.78, 5) is 21.0. The van der Waals surface area contributed by atoms with Crippen LogP contribution in [0.5, 0.6) is 0 Å². The van der Waals surface area contributed by atoms with Crippen LogP contribution in [0.3, 0.4) is 0 Å². The third-order valence-corrected chi connectivity index (χ3v) is 3.47. The van der Waals surface area contributed by atoms with Crippen molar-refractivity contribution in [2.45, 2.75) is 20.3 Å². The second-order valence-corrected chi connectivity index (χ2v) is 5.52. The van der Waals surface area contributed by atoms with Crippen LogP contribution in [0.25, 0.3) is 0 Å². The summed E-state index contributed by atoms with van der Waals surface area (Å²) in [5.74, 6) is 1.05. The molecule has 0 spiro atoms. The minimum Gasteiger partial charge on any atom is -0.373 e. The molecule has 2 rings (SSSR count). The third-order valence-electron chi connectivity index (χ3n) is 3.04. The van der Waals surface area contributed by atoms with Crippen molar-refractivity contribution in [3.63, 3.8) is 0 Å². The monoisotopic (exact) mass is 348 g/mol. The summed E-state index contributed by atoms with van der Waals surface area (Å²) in [5.41, 5.74) is 2.33. The summed E-state index contributed by atoms with van der Waals surface area (Å²) in [6.45, 7) is 3.90. The van der Waals surface area contributed by atoms with Gasteiger partial charge in [0.25, 0.3) is 5.91 Å². The molecule has 0 fully saturated rings. The number of hydrogen-bond donors (Lipinski definition) is 2. The highest BCUT2D eigenvalue weighted by molar-refractivity contribution is 9.10. The lowest BCUT2D eigenvalue weighted by molar-refractivity contribution is 0.102. The van der Waals surface area contributed by atoms with Gasteiger partial charge in [-0.15, -0.1) is 0 Å². The zero-order chi connectivity index (χ0) is 15.4. The molecule has 2 heterocycles. The molecule has 110 valence electrons. The van der Waals surface area contributed by atoms with Gasteiger partial charge in [-0.05, 0) is 53.0 Å². The molecule has 0 radical (unpaired) electrons. The molecule has 0 bridgehead atoms. The van der Waals surface area contributed by atoms with E-state index >= 15 is 0 Å². The molecular weight excluding hydrogens is 332 g/mol. The number of carbonyl (C=O) groups excluding carboxylic acids is 1. The van der Waals surface area contributed by atoms with E-state index in [0.717, 1.165) is 22.2 Å². The molecule has 0 aliphatic heterocycles. The molecule has 21 heavy (non-hydrogen) atoms. The molecule has 0 aliphatic carbocycles. The standard InChI is InChI=1S/C15H17BrN4O/c1-4-12-6-10(7-13(17-3)19-12)15(21)20-14-9(2)5-11(16)8-18-14/h5-8H,4H2,1-3H3,(H,17,19)(H,18,20,21). The van der Waals surface area contributed by atoms with E-state index in [9.17, 15) is 4.79 Å². The number of anilines is 2. The Balaban J connectivity index is 2.27. The lowest BCUT2D eigenvalue weighted by atomic mass is 10.1. The van der Waals surface area contributed by atoms with Crippen molar-refractivity contribution in [1.29, 1.82) is 0 Å². The van der Waals surface area contributed by atoms with Crippen LogP contribution in [0.1, 0.15) is 28.5 Å². The first-order valence-electron chi connectivity index (χ1n) is 6.65. The van der Waals surface area contributed by atoms with Gasteiger partial charge in [-0.25, -0.2) is 9.97 Å². The predicted octanol–water partition coefficient (Wildman–Crippen LogP) is 3.40. The van der Waals surface area contributed by atoms with Gasteiger partial charge in [-0.1, -0.05) is 6.92 Å². The van der Waals surface area contributed by atoms with Crippen LogP contribution in [0, 0.1) is 6.92 Å². The van der Waals surface area contributed by atoms with Crippen molar-refractivity contribution in [2.75, 3.05) is 17.7 Å². The second kappa shape index (κ2) is 6.67. The van der Waals surface area contributed by atoms with E-state index in [4.69, 9.17) is 0 Å². The molecule has 0 saturated heterocycles. The van der Waals surface area contributed by atoms with Gasteiger partial charge in [0, 0.05) is 29.0 Å². The summed E-state index contributed by atoms with van der Waals surface area (Å²) in [7, 11) is 1.78. The Morgan fingerprint density at radius 3 is 2.71 bits per heavy atom. The zero-order valence-electron chi connectivity index (χ0n) is 12.2. The number of aryl methyl sites for hydroxylation is 2. The van der Waals surface area contributed by atoms with Crippen LogP contribution in [0.2, 0.25) is 0 Å². The number of pyridine rings is 2. The van der Waals surface area contributed by atoms with Crippen LogP contribution in [-0.2, 0) is 6.42 Å². The van der Waals surface area contributed by atoms with E-state index in [0.29, 0.717) is 17.2 Å². The van der Waals surface area contributed by atoms with Gasteiger partial charge in [-0.2, -0.15) is 0 Å². The minimum atomic E-state index is -0.193. The number of nitrogens with one attached hydrogen (secondary N) is 2. The molecule has 6 heteroatoms. The van der Waals surface area contributed by atoms with Crippen LogP contribution in [0.15, 0.2) is 28.9 Å². The number of hydrogen-bond acceptors (Lipinski definition) is 4. The van der Waals surface area contributed by atoms with E-state index in [2.05, 4.69) is 36.5 Å². The number of nitrogens with zero attached hydrogens (tertiary/aromatic N) is 2. The normalized spacial score (nSPS) is 10.3. The van der Waals surface area contributed by atoms with E-state index in [1.54, 1.807) is 25.4 Å². The van der Waals surface area contributed by atoms with E-state index in [-0.39, 0.29) is 5.91 Å². The Morgan fingerprint density at radius 1 is 1.33 bits per heavy atom. The van der Waals surface area contributed by atoms with Gasteiger partial charge in [0.2, 0.25) is 0 Å². The molecule has 0 unspecified atom stereocenters. The van der Waals surface area contributed by atoms with Crippen molar-refractivity contribution in [3.8, 4) is 0 Å². The van der Waals surface area contributed by atoms with Crippen molar-refractivity contribution in [1.82, 2.24) is 9.97 Å². The van der Waals surface area contributed by atoms with Crippen molar-refractivity contribution in [3.05, 3.63) is 45.7 Å². The van der Waals surface area contributed by atoms with Gasteiger partial charge < -0.3 is 10.6 Å². The summed E-state index contributed by atoms with van der Waals surface area (Å²) >= 11 is 3.35. The maximum absolute atomic E-state index is 12.4. The third kappa shape index (κ3) is 3.78. The van der Waals surface area contributed by atoms with E-state index in [1.165, 1.54) is 0 Å². The number of amides is 1. The number of halogens is 1. The van der Waals surface area contributed by atoms with Crippen molar-refractivity contribution >= 4 is 33.5 Å².